The van der Waals surface area contributed by atoms with E-state index >= 15 is 0 Å². The molecule has 0 fully saturated rings. The summed E-state index contributed by atoms with van der Waals surface area (Å²) >= 11 is 0. The highest BCUT2D eigenvalue weighted by Crippen LogP contribution is 2.04. The second-order valence-electron chi connectivity index (χ2n) is 2.92. The lowest BCUT2D eigenvalue weighted by Gasteiger charge is -2.00. The van der Waals surface area contributed by atoms with Gasteiger partial charge in [-0.2, -0.15) is 5.10 Å². The molecular weight excluding hydrogens is 152 g/mol. The van der Waals surface area contributed by atoms with Crippen molar-refractivity contribution in [2.75, 3.05) is 0 Å². The summed E-state index contributed by atoms with van der Waals surface area (Å²) in [6.45, 7) is 8.96. The van der Waals surface area contributed by atoms with Gasteiger partial charge < -0.3 is 0 Å². The first kappa shape index (κ1) is 8.71. The molecule has 0 atom stereocenters. The number of nitrogens with zero attached hydrogens (tertiary/aromatic N) is 2. The Morgan fingerprint density at radius 3 is 2.50 bits per heavy atom. The van der Waals surface area contributed by atoms with Gasteiger partial charge in [0, 0.05) is 11.3 Å². The molecule has 3 heteroatoms. The van der Waals surface area contributed by atoms with Gasteiger partial charge in [0.25, 0.3) is 5.91 Å². The van der Waals surface area contributed by atoms with E-state index in [1.54, 1.807) is 6.92 Å². The van der Waals surface area contributed by atoms with Gasteiger partial charge in [-0.1, -0.05) is 6.58 Å². The van der Waals surface area contributed by atoms with Crippen molar-refractivity contribution in [2.45, 2.75) is 20.8 Å². The molecule has 0 bridgehead atoms. The van der Waals surface area contributed by atoms with Crippen LogP contribution in [0, 0.1) is 13.8 Å². The zero-order valence-electron chi connectivity index (χ0n) is 7.59. The molecule has 1 heterocycles. The number of hydrogen-bond donors (Lipinski definition) is 0. The SMILES string of the molecule is C=C(C)C(=O)n1nc(C)cc1C. The molecule has 0 amide bonds. The minimum absolute atomic E-state index is 0.138. The van der Waals surface area contributed by atoms with Crippen LogP contribution in [0.3, 0.4) is 0 Å². The Labute approximate surface area is 71.7 Å². The number of aryl methyl sites for hydroxylation is 2. The number of rotatable bonds is 1. The maximum absolute atomic E-state index is 11.4. The van der Waals surface area contributed by atoms with Crippen LogP contribution >= 0.6 is 0 Å². The number of hydrogen-bond acceptors (Lipinski definition) is 2. The second-order valence-corrected chi connectivity index (χ2v) is 2.92. The van der Waals surface area contributed by atoms with Crippen LogP contribution in [-0.4, -0.2) is 15.7 Å². The van der Waals surface area contributed by atoms with Gasteiger partial charge in [-0.15, -0.1) is 0 Å². The molecule has 0 unspecified atom stereocenters. The largest absolute Gasteiger partial charge is 0.273 e. The first-order valence-corrected chi connectivity index (χ1v) is 3.76. The molecule has 0 aromatic carbocycles. The number of carbonyl (C=O) groups excluding carboxylic acids is 1. The molecule has 3 nitrogen and oxygen atoms in total. The van der Waals surface area contributed by atoms with Crippen LogP contribution in [0.15, 0.2) is 18.2 Å². The Bertz CT molecular complexity index is 336. The van der Waals surface area contributed by atoms with Crippen molar-refractivity contribution in [1.29, 1.82) is 0 Å². The Morgan fingerprint density at radius 2 is 2.17 bits per heavy atom. The van der Waals surface area contributed by atoms with Gasteiger partial charge in [-0.05, 0) is 26.8 Å². The van der Waals surface area contributed by atoms with Crippen molar-refractivity contribution >= 4 is 5.91 Å². The Morgan fingerprint density at radius 1 is 1.58 bits per heavy atom. The topological polar surface area (TPSA) is 34.9 Å². The minimum atomic E-state index is -0.138. The van der Waals surface area contributed by atoms with Crippen molar-refractivity contribution in [2.24, 2.45) is 0 Å². The standard InChI is InChI=1S/C9H12N2O/c1-6(2)9(12)11-8(4)5-7(3)10-11/h5H,1H2,2-4H3. The molecule has 0 spiro atoms. The van der Waals surface area contributed by atoms with Crippen LogP contribution in [-0.2, 0) is 0 Å². The number of carbonyl (C=O) groups is 1. The Kier molecular flexibility index (Phi) is 2.13. The summed E-state index contributed by atoms with van der Waals surface area (Å²) in [6.07, 6.45) is 0. The number of allylic oxidation sites excluding steroid dienone is 1. The zero-order valence-corrected chi connectivity index (χ0v) is 7.59. The molecule has 1 rings (SSSR count). The molecule has 1 aromatic heterocycles. The van der Waals surface area contributed by atoms with Crippen LogP contribution in [0.2, 0.25) is 0 Å². The third-order valence-electron chi connectivity index (χ3n) is 1.57. The van der Waals surface area contributed by atoms with Gasteiger partial charge in [0.05, 0.1) is 5.69 Å². The predicted molar refractivity (Wildman–Crippen MR) is 47.1 cm³/mol. The summed E-state index contributed by atoms with van der Waals surface area (Å²) in [6, 6.07) is 1.86. The third kappa shape index (κ3) is 1.44. The van der Waals surface area contributed by atoms with Gasteiger partial charge in [-0.25, -0.2) is 4.68 Å². The average Bonchev–Trinajstić information content (AvgIpc) is 2.28. The lowest BCUT2D eigenvalue weighted by atomic mass is 10.3. The second kappa shape index (κ2) is 2.93. The summed E-state index contributed by atoms with van der Waals surface area (Å²) in [5, 5.41) is 4.04. The molecule has 0 aliphatic rings. The normalized spacial score (nSPS) is 9.92. The Balaban J connectivity index is 3.11. The van der Waals surface area contributed by atoms with Gasteiger partial charge >= 0.3 is 0 Å². The fourth-order valence-electron chi connectivity index (χ4n) is 1.02. The molecule has 64 valence electrons. The zero-order chi connectivity index (χ0) is 9.30. The molecule has 0 aliphatic heterocycles. The Hall–Kier alpha value is -1.38. The van der Waals surface area contributed by atoms with Gasteiger partial charge in [0.15, 0.2) is 0 Å². The van der Waals surface area contributed by atoms with E-state index in [2.05, 4.69) is 11.7 Å². The van der Waals surface area contributed by atoms with Gasteiger partial charge in [0.1, 0.15) is 0 Å². The van der Waals surface area contributed by atoms with Crippen molar-refractivity contribution in [3.05, 3.63) is 29.6 Å². The lowest BCUT2D eigenvalue weighted by molar-refractivity contribution is 0.0938. The smallest absolute Gasteiger partial charge is 0.267 e. The summed E-state index contributed by atoms with van der Waals surface area (Å²) in [7, 11) is 0. The molecule has 0 radical (unpaired) electrons. The fraction of sp³-hybridized carbons (Fsp3) is 0.333. The maximum atomic E-state index is 11.4. The minimum Gasteiger partial charge on any atom is -0.267 e. The van der Waals surface area contributed by atoms with E-state index in [1.807, 2.05) is 19.9 Å². The molecule has 0 N–H and O–H groups in total. The monoisotopic (exact) mass is 164 g/mol. The fourth-order valence-corrected chi connectivity index (χ4v) is 1.02. The van der Waals surface area contributed by atoms with Crippen LogP contribution < -0.4 is 0 Å². The summed E-state index contributed by atoms with van der Waals surface area (Å²) in [5.41, 5.74) is 2.20. The summed E-state index contributed by atoms with van der Waals surface area (Å²) in [5.74, 6) is -0.138. The van der Waals surface area contributed by atoms with Crippen LogP contribution in [0.4, 0.5) is 0 Å². The molecule has 12 heavy (non-hydrogen) atoms. The van der Waals surface area contributed by atoms with Crippen molar-refractivity contribution in [1.82, 2.24) is 9.78 Å². The molecule has 0 aliphatic carbocycles. The maximum Gasteiger partial charge on any atom is 0.273 e. The highest BCUT2D eigenvalue weighted by atomic mass is 16.2. The van der Waals surface area contributed by atoms with E-state index < -0.39 is 0 Å². The van der Waals surface area contributed by atoms with Crippen LogP contribution in [0.25, 0.3) is 0 Å². The van der Waals surface area contributed by atoms with E-state index in [9.17, 15) is 4.79 Å². The van der Waals surface area contributed by atoms with E-state index in [4.69, 9.17) is 0 Å². The van der Waals surface area contributed by atoms with Gasteiger partial charge in [-0.3, -0.25) is 4.79 Å². The summed E-state index contributed by atoms with van der Waals surface area (Å²) in [4.78, 5) is 11.4. The van der Waals surface area contributed by atoms with Crippen LogP contribution in [0.1, 0.15) is 23.1 Å². The quantitative estimate of drug-likeness (QED) is 0.592. The van der Waals surface area contributed by atoms with E-state index in [1.165, 1.54) is 4.68 Å². The summed E-state index contributed by atoms with van der Waals surface area (Å²) < 4.78 is 1.37. The van der Waals surface area contributed by atoms with Crippen LogP contribution in [0.5, 0.6) is 0 Å². The van der Waals surface area contributed by atoms with E-state index in [0.717, 1.165) is 11.4 Å². The first-order chi connectivity index (χ1) is 5.52. The number of aromatic nitrogens is 2. The van der Waals surface area contributed by atoms with Crippen molar-refractivity contribution in [3.63, 3.8) is 0 Å². The highest BCUT2D eigenvalue weighted by molar-refractivity contribution is 5.94. The van der Waals surface area contributed by atoms with Gasteiger partial charge in [0.2, 0.25) is 0 Å². The molecular formula is C9H12N2O. The highest BCUT2D eigenvalue weighted by Gasteiger charge is 2.09. The molecule has 0 saturated carbocycles. The molecule has 1 aromatic rings. The molecule has 0 saturated heterocycles. The van der Waals surface area contributed by atoms with E-state index in [-0.39, 0.29) is 5.91 Å². The van der Waals surface area contributed by atoms with E-state index in [0.29, 0.717) is 5.57 Å². The average molecular weight is 164 g/mol. The first-order valence-electron chi connectivity index (χ1n) is 3.76. The third-order valence-corrected chi connectivity index (χ3v) is 1.57. The van der Waals surface area contributed by atoms with Crippen molar-refractivity contribution in [3.8, 4) is 0 Å². The van der Waals surface area contributed by atoms with Crippen molar-refractivity contribution < 1.29 is 4.79 Å². The predicted octanol–water partition coefficient (Wildman–Crippen LogP) is 1.72. The lowest BCUT2D eigenvalue weighted by Crippen LogP contribution is -2.14.